The largest absolute Gasteiger partial charge is 0.208 e. The molecule has 4 heteroatoms. The molecule has 7 rings (SSSR count). The lowest BCUT2D eigenvalue weighted by Gasteiger charge is -2.10. The van der Waals surface area contributed by atoms with Gasteiger partial charge in [0.1, 0.15) is 0 Å². The molecular weight excluding hydrogens is 474 g/mol. The number of rotatable bonds is 3. The minimum Gasteiger partial charge on any atom is -0.208 e. The number of hydrogen-bond donors (Lipinski definition) is 0. The zero-order valence-electron chi connectivity index (χ0n) is 22.5. The van der Waals surface area contributed by atoms with Crippen LogP contribution in [0.2, 0.25) is 5.02 Å². The van der Waals surface area contributed by atoms with Crippen LogP contribution < -0.4 is 0 Å². The van der Waals surface area contributed by atoms with Crippen molar-refractivity contribution in [3.8, 4) is 34.2 Å². The Morgan fingerprint density at radius 1 is 0.486 bits per heavy atom. The molecule has 0 aliphatic rings. The molecule has 0 fully saturated rings. The van der Waals surface area contributed by atoms with E-state index in [1.165, 1.54) is 6.07 Å². The number of hydrogen-bond acceptors (Lipinski definition) is 3. The summed E-state index contributed by atoms with van der Waals surface area (Å²) in [5.74, 6) is 1.02. The third kappa shape index (κ3) is 4.00. The molecule has 0 saturated heterocycles. The van der Waals surface area contributed by atoms with Gasteiger partial charge in [0.2, 0.25) is 0 Å². The van der Waals surface area contributed by atoms with Gasteiger partial charge in [-0.1, -0.05) is 109 Å². The summed E-state index contributed by atoms with van der Waals surface area (Å²) in [6.45, 7) is 0. The number of nitrogens with zero attached hydrogens (tertiary/aromatic N) is 3. The first-order chi connectivity index (χ1) is 19.5. The molecule has 1 heterocycles. The molecule has 0 aliphatic carbocycles. The Hall–Kier alpha value is -4.60. The van der Waals surface area contributed by atoms with Gasteiger partial charge in [-0.05, 0) is 56.5 Å². The van der Waals surface area contributed by atoms with Gasteiger partial charge in [0.15, 0.2) is 17.5 Å². The summed E-state index contributed by atoms with van der Waals surface area (Å²) in [7, 11) is 0. The van der Waals surface area contributed by atoms with E-state index in [4.69, 9.17) is 30.7 Å². The van der Waals surface area contributed by atoms with Gasteiger partial charge in [0.25, 0.3) is 0 Å². The highest BCUT2D eigenvalue weighted by atomic mass is 35.5. The third-order valence-corrected chi connectivity index (χ3v) is 6.73. The smallest absolute Gasteiger partial charge is 0.164 e. The Kier molecular flexibility index (Phi) is 4.44. The molecular formula is C33H20ClN3. The Bertz CT molecular complexity index is 2130. The van der Waals surface area contributed by atoms with E-state index in [-0.39, 0.29) is 34.5 Å². The second kappa shape index (κ2) is 8.81. The first-order valence-electron chi connectivity index (χ1n) is 13.4. The summed E-state index contributed by atoms with van der Waals surface area (Å²) >= 11 is 6.27. The van der Waals surface area contributed by atoms with Crippen LogP contribution in [0.1, 0.15) is 4.11 Å². The molecule has 7 aromatic rings. The Balaban J connectivity index is 1.50. The van der Waals surface area contributed by atoms with E-state index >= 15 is 0 Å². The van der Waals surface area contributed by atoms with Gasteiger partial charge in [0.05, 0.1) is 4.11 Å². The maximum Gasteiger partial charge on any atom is 0.164 e. The van der Waals surface area contributed by atoms with Crippen LogP contribution in [0, 0.1) is 0 Å². The highest BCUT2D eigenvalue weighted by molar-refractivity contribution is 6.30. The molecule has 0 radical (unpaired) electrons. The van der Waals surface area contributed by atoms with Gasteiger partial charge in [-0.15, -0.1) is 0 Å². The van der Waals surface area contributed by atoms with Crippen LogP contribution in [-0.4, -0.2) is 15.0 Å². The van der Waals surface area contributed by atoms with Crippen molar-refractivity contribution in [2.45, 2.75) is 0 Å². The van der Waals surface area contributed by atoms with E-state index in [1.807, 2.05) is 66.7 Å². The molecule has 0 bridgehead atoms. The number of fused-ring (bicyclic) bond motifs is 4. The maximum atomic E-state index is 8.60. The summed E-state index contributed by atoms with van der Waals surface area (Å²) < 4.78 is 25.2. The first-order valence-corrected chi connectivity index (χ1v) is 12.3. The predicted molar refractivity (Wildman–Crippen MR) is 154 cm³/mol. The lowest BCUT2D eigenvalue weighted by atomic mass is 10.00. The van der Waals surface area contributed by atoms with Crippen molar-refractivity contribution in [2.75, 3.05) is 0 Å². The average Bonchev–Trinajstić information content (AvgIpc) is 2.99. The van der Waals surface area contributed by atoms with Crippen LogP contribution in [0.4, 0.5) is 0 Å². The van der Waals surface area contributed by atoms with Crippen LogP contribution in [0.3, 0.4) is 0 Å². The molecule has 0 saturated carbocycles. The van der Waals surface area contributed by atoms with Crippen LogP contribution in [0.5, 0.6) is 0 Å². The third-order valence-electron chi connectivity index (χ3n) is 6.52. The summed E-state index contributed by atoms with van der Waals surface area (Å²) in [4.78, 5) is 14.4. The molecule has 6 aromatic carbocycles. The lowest BCUT2D eigenvalue weighted by molar-refractivity contribution is 1.08. The van der Waals surface area contributed by atoms with Gasteiger partial charge in [0, 0.05) is 21.7 Å². The quantitative estimate of drug-likeness (QED) is 0.229. The van der Waals surface area contributed by atoms with E-state index in [2.05, 4.69) is 30.3 Å². The zero-order chi connectivity index (χ0) is 27.4. The van der Waals surface area contributed by atoms with E-state index in [9.17, 15) is 0 Å². The SMILES string of the molecule is [2H]c1cc([2H])c(-c2nc(-c3ccc4ccccc4c3)nc(-c3ccc4ccc5ccccc5c4c3)n2)c([2H])c1Cl. The van der Waals surface area contributed by atoms with E-state index in [1.54, 1.807) is 0 Å². The van der Waals surface area contributed by atoms with Crippen LogP contribution >= 0.6 is 11.6 Å². The zero-order valence-corrected chi connectivity index (χ0v) is 20.3. The summed E-state index contributed by atoms with van der Waals surface area (Å²) in [6.07, 6.45) is 0. The summed E-state index contributed by atoms with van der Waals surface area (Å²) in [6, 6.07) is 33.7. The minimum absolute atomic E-state index is 0.0366. The average molecular weight is 497 g/mol. The van der Waals surface area contributed by atoms with Crippen molar-refractivity contribution in [1.29, 1.82) is 0 Å². The fourth-order valence-corrected chi connectivity index (χ4v) is 4.84. The van der Waals surface area contributed by atoms with Crippen molar-refractivity contribution in [3.63, 3.8) is 0 Å². The molecule has 174 valence electrons. The molecule has 0 amide bonds. The molecule has 0 aliphatic heterocycles. The fraction of sp³-hybridized carbons (Fsp3) is 0. The van der Waals surface area contributed by atoms with Crippen molar-refractivity contribution >= 4 is 43.9 Å². The van der Waals surface area contributed by atoms with E-state index in [0.717, 1.165) is 43.4 Å². The second-order valence-electron chi connectivity index (χ2n) is 8.84. The van der Waals surface area contributed by atoms with Crippen LogP contribution in [0.25, 0.3) is 66.5 Å². The van der Waals surface area contributed by atoms with Crippen molar-refractivity contribution in [1.82, 2.24) is 15.0 Å². The molecule has 0 unspecified atom stereocenters. The highest BCUT2D eigenvalue weighted by Crippen LogP contribution is 2.31. The maximum absolute atomic E-state index is 8.60. The lowest BCUT2D eigenvalue weighted by Crippen LogP contribution is -2.00. The second-order valence-corrected chi connectivity index (χ2v) is 9.22. The Labute approximate surface area is 223 Å². The van der Waals surface area contributed by atoms with Crippen molar-refractivity contribution < 1.29 is 4.11 Å². The van der Waals surface area contributed by atoms with Gasteiger partial charge in [-0.3, -0.25) is 0 Å². The highest BCUT2D eigenvalue weighted by Gasteiger charge is 2.14. The molecule has 1 aromatic heterocycles. The van der Waals surface area contributed by atoms with Crippen molar-refractivity contribution in [3.05, 3.63) is 126 Å². The van der Waals surface area contributed by atoms with Crippen molar-refractivity contribution in [2.24, 2.45) is 0 Å². The summed E-state index contributed by atoms with van der Waals surface area (Å²) in [5, 5.41) is 6.55. The number of aromatic nitrogens is 3. The number of halogens is 1. The van der Waals surface area contributed by atoms with Crippen LogP contribution in [0.15, 0.2) is 121 Å². The first kappa shape index (κ1) is 18.6. The number of benzene rings is 6. The normalized spacial score (nSPS) is 12.5. The molecule has 0 atom stereocenters. The van der Waals surface area contributed by atoms with Crippen LogP contribution in [-0.2, 0) is 0 Å². The molecule has 0 N–H and O–H groups in total. The standard InChI is InChI=1S/C33H20ClN3/c34-28-10-5-9-25(19-28)31-35-32(26-16-12-21-6-1-2-8-24(21)18-26)37-33(36-31)27-17-15-23-14-13-22-7-3-4-11-29(22)30(23)20-27/h1-20H/i9D,10D,19D. The predicted octanol–water partition coefficient (Wildman–Crippen LogP) is 8.99. The van der Waals surface area contributed by atoms with Gasteiger partial charge >= 0.3 is 0 Å². The summed E-state index contributed by atoms with van der Waals surface area (Å²) in [5.41, 5.74) is 1.74. The topological polar surface area (TPSA) is 38.7 Å². The van der Waals surface area contributed by atoms with Gasteiger partial charge in [-0.2, -0.15) is 0 Å². The fourth-order valence-electron chi connectivity index (χ4n) is 4.69. The van der Waals surface area contributed by atoms with E-state index in [0.29, 0.717) is 11.6 Å². The van der Waals surface area contributed by atoms with E-state index < -0.39 is 0 Å². The monoisotopic (exact) mass is 496 g/mol. The van der Waals surface area contributed by atoms with Gasteiger partial charge in [-0.25, -0.2) is 15.0 Å². The van der Waals surface area contributed by atoms with Gasteiger partial charge < -0.3 is 0 Å². The Morgan fingerprint density at radius 3 is 1.84 bits per heavy atom. The Morgan fingerprint density at radius 2 is 1.05 bits per heavy atom. The molecule has 3 nitrogen and oxygen atoms in total. The molecule has 0 spiro atoms. The molecule has 37 heavy (non-hydrogen) atoms. The minimum atomic E-state index is -0.148.